The summed E-state index contributed by atoms with van der Waals surface area (Å²) in [5.41, 5.74) is 0.841. The molecular formula is C17H18NNaO4S. The van der Waals surface area contributed by atoms with Crippen LogP contribution in [0.25, 0.3) is 0 Å². The molecular weight excluding hydrogens is 337 g/mol. The number of carbonyl (C=O) groups is 2. The van der Waals surface area contributed by atoms with Crippen LogP contribution in [-0.2, 0) is 16.1 Å². The summed E-state index contributed by atoms with van der Waals surface area (Å²) >= 11 is 1.36. The van der Waals surface area contributed by atoms with E-state index in [2.05, 4.69) is 5.32 Å². The standard InChI is InChI=1S/C17H17NO4S.Na.H/c19-16(20)15(12-23-14-9-5-2-6-10-14)18-17(21)22-11-13-7-3-1-4-8-13;;/h1-10,15H,11-12H2,(H,18,21)(H,19,20);;/q;+1;-1. The molecule has 0 aliphatic rings. The molecule has 7 heteroatoms. The number of nitrogens with one attached hydrogen (secondary N) is 1. The van der Waals surface area contributed by atoms with Gasteiger partial charge in [0.1, 0.15) is 12.6 Å². The van der Waals surface area contributed by atoms with Crippen LogP contribution in [0.4, 0.5) is 4.79 Å². The van der Waals surface area contributed by atoms with Gasteiger partial charge in [-0.3, -0.25) is 0 Å². The molecule has 0 bridgehead atoms. The number of hydrogen-bond acceptors (Lipinski definition) is 4. The van der Waals surface area contributed by atoms with Crippen molar-refractivity contribution in [3.63, 3.8) is 0 Å². The molecule has 5 nitrogen and oxygen atoms in total. The van der Waals surface area contributed by atoms with Gasteiger partial charge in [0, 0.05) is 10.6 Å². The second-order valence-corrected chi connectivity index (χ2v) is 5.81. The minimum atomic E-state index is -1.09. The Hall–Kier alpha value is -1.47. The van der Waals surface area contributed by atoms with Crippen molar-refractivity contribution in [3.8, 4) is 0 Å². The number of alkyl carbamates (subject to hydrolysis) is 1. The summed E-state index contributed by atoms with van der Waals surface area (Å²) in [6.07, 6.45) is -0.741. The number of thioether (sulfide) groups is 1. The van der Waals surface area contributed by atoms with Crippen molar-refractivity contribution < 1.29 is 50.4 Å². The molecule has 0 heterocycles. The largest absolute Gasteiger partial charge is 1.00 e. The van der Waals surface area contributed by atoms with Gasteiger partial charge in [-0.2, -0.15) is 0 Å². The molecule has 0 saturated carbocycles. The van der Waals surface area contributed by atoms with Gasteiger partial charge in [0.25, 0.3) is 0 Å². The van der Waals surface area contributed by atoms with Crippen molar-refractivity contribution in [2.24, 2.45) is 0 Å². The predicted octanol–water partition coefficient (Wildman–Crippen LogP) is 0.275. The van der Waals surface area contributed by atoms with Crippen LogP contribution < -0.4 is 34.9 Å². The van der Waals surface area contributed by atoms with Crippen LogP contribution in [-0.4, -0.2) is 29.0 Å². The molecule has 1 atom stereocenters. The van der Waals surface area contributed by atoms with E-state index in [1.54, 1.807) is 0 Å². The van der Waals surface area contributed by atoms with Crippen molar-refractivity contribution in [2.45, 2.75) is 17.5 Å². The molecule has 0 radical (unpaired) electrons. The molecule has 0 aliphatic carbocycles. The van der Waals surface area contributed by atoms with Crippen molar-refractivity contribution >= 4 is 23.8 Å². The molecule has 0 aliphatic heterocycles. The third-order valence-electron chi connectivity index (χ3n) is 2.96. The minimum Gasteiger partial charge on any atom is -1.00 e. The fourth-order valence-electron chi connectivity index (χ4n) is 1.78. The SMILES string of the molecule is O=C(NC(CSc1ccccc1)C(=O)O)OCc1ccccc1.[H-].[Na+]. The van der Waals surface area contributed by atoms with Gasteiger partial charge in [0.15, 0.2) is 0 Å². The predicted molar refractivity (Wildman–Crippen MR) is 89.5 cm³/mol. The van der Waals surface area contributed by atoms with E-state index in [9.17, 15) is 14.7 Å². The number of rotatable bonds is 7. The van der Waals surface area contributed by atoms with Crippen LogP contribution in [0.5, 0.6) is 0 Å². The van der Waals surface area contributed by atoms with Crippen LogP contribution in [0, 0.1) is 0 Å². The van der Waals surface area contributed by atoms with E-state index in [1.165, 1.54) is 11.8 Å². The monoisotopic (exact) mass is 355 g/mol. The smallest absolute Gasteiger partial charge is 1.00 e. The Morgan fingerprint density at radius 2 is 1.67 bits per heavy atom. The van der Waals surface area contributed by atoms with E-state index in [-0.39, 0.29) is 43.3 Å². The fraction of sp³-hybridized carbons (Fsp3) is 0.176. The summed E-state index contributed by atoms with van der Waals surface area (Å²) in [5, 5.41) is 11.6. The van der Waals surface area contributed by atoms with Gasteiger partial charge in [0.2, 0.25) is 0 Å². The van der Waals surface area contributed by atoms with Gasteiger partial charge in [0.05, 0.1) is 0 Å². The van der Waals surface area contributed by atoms with Crippen LogP contribution in [0.2, 0.25) is 0 Å². The first-order valence-electron chi connectivity index (χ1n) is 7.03. The summed E-state index contributed by atoms with van der Waals surface area (Å²) < 4.78 is 5.04. The Morgan fingerprint density at radius 1 is 1.08 bits per heavy atom. The first-order valence-corrected chi connectivity index (χ1v) is 8.01. The number of aliphatic carboxylic acids is 1. The van der Waals surface area contributed by atoms with E-state index in [1.807, 2.05) is 60.7 Å². The maximum absolute atomic E-state index is 11.7. The molecule has 0 fully saturated rings. The first-order chi connectivity index (χ1) is 11.1. The average Bonchev–Trinajstić information content (AvgIpc) is 2.58. The summed E-state index contributed by atoms with van der Waals surface area (Å²) in [4.78, 5) is 23.9. The minimum absolute atomic E-state index is 0. The molecule has 2 N–H and O–H groups in total. The van der Waals surface area contributed by atoms with Gasteiger partial charge >= 0.3 is 41.6 Å². The summed E-state index contributed by atoms with van der Waals surface area (Å²) in [6, 6.07) is 17.6. The van der Waals surface area contributed by atoms with E-state index in [0.717, 1.165) is 10.5 Å². The molecule has 24 heavy (non-hydrogen) atoms. The quantitative estimate of drug-likeness (QED) is 0.551. The molecule has 2 aromatic rings. The molecule has 0 aromatic heterocycles. The summed E-state index contributed by atoms with van der Waals surface area (Å²) in [7, 11) is 0. The van der Waals surface area contributed by atoms with Crippen LogP contribution in [0.15, 0.2) is 65.6 Å². The molecule has 2 aromatic carbocycles. The van der Waals surface area contributed by atoms with Gasteiger partial charge in [-0.1, -0.05) is 48.5 Å². The number of amides is 1. The average molecular weight is 355 g/mol. The van der Waals surface area contributed by atoms with Gasteiger partial charge in [-0.15, -0.1) is 11.8 Å². The first kappa shape index (κ1) is 20.6. The van der Waals surface area contributed by atoms with Crippen LogP contribution in [0.1, 0.15) is 6.99 Å². The van der Waals surface area contributed by atoms with E-state index in [0.29, 0.717) is 0 Å². The van der Waals surface area contributed by atoms with Crippen molar-refractivity contribution in [1.29, 1.82) is 0 Å². The number of carbonyl (C=O) groups excluding carboxylic acids is 1. The number of ether oxygens (including phenoxy) is 1. The van der Waals surface area contributed by atoms with Crippen LogP contribution in [0.3, 0.4) is 0 Å². The molecule has 1 amide bonds. The zero-order valence-electron chi connectivity index (χ0n) is 14.3. The third kappa shape index (κ3) is 7.40. The van der Waals surface area contributed by atoms with Gasteiger partial charge in [-0.25, -0.2) is 9.59 Å². The Balaban J connectivity index is 0.00000288. The van der Waals surface area contributed by atoms with E-state index < -0.39 is 18.1 Å². The number of hydrogen-bond donors (Lipinski definition) is 2. The molecule has 2 rings (SSSR count). The molecule has 0 spiro atoms. The zero-order valence-corrected chi connectivity index (χ0v) is 16.2. The van der Waals surface area contributed by atoms with Crippen molar-refractivity contribution in [3.05, 3.63) is 66.2 Å². The summed E-state index contributed by atoms with van der Waals surface area (Å²) in [6.45, 7) is 0.102. The Kier molecular flexibility index (Phi) is 9.56. The Labute approximate surface area is 168 Å². The number of carboxylic acids is 1. The van der Waals surface area contributed by atoms with Gasteiger partial charge in [-0.05, 0) is 17.7 Å². The molecule has 0 saturated heterocycles. The topological polar surface area (TPSA) is 75.6 Å². The van der Waals surface area contributed by atoms with Crippen LogP contribution >= 0.6 is 11.8 Å². The normalized spacial score (nSPS) is 11.0. The Bertz CT molecular complexity index is 646. The van der Waals surface area contributed by atoms with Gasteiger partial charge < -0.3 is 16.6 Å². The van der Waals surface area contributed by atoms with E-state index in [4.69, 9.17) is 4.74 Å². The third-order valence-corrected chi connectivity index (χ3v) is 4.07. The number of benzene rings is 2. The van der Waals surface area contributed by atoms with E-state index >= 15 is 0 Å². The fourth-order valence-corrected chi connectivity index (χ4v) is 2.71. The Morgan fingerprint density at radius 3 is 2.25 bits per heavy atom. The molecule has 122 valence electrons. The molecule has 1 unspecified atom stereocenters. The van der Waals surface area contributed by atoms with Crippen molar-refractivity contribution in [2.75, 3.05) is 5.75 Å². The zero-order chi connectivity index (χ0) is 16.5. The maximum atomic E-state index is 11.7. The summed E-state index contributed by atoms with van der Waals surface area (Å²) in [5.74, 6) is -0.870. The van der Waals surface area contributed by atoms with Crippen molar-refractivity contribution in [1.82, 2.24) is 5.32 Å². The second kappa shape index (κ2) is 11.1. The number of carboxylic acid groups (broad SMARTS) is 1. The maximum Gasteiger partial charge on any atom is 1.00 e. The second-order valence-electron chi connectivity index (χ2n) is 4.72.